The summed E-state index contributed by atoms with van der Waals surface area (Å²) in [6, 6.07) is 16.0. The standard InChI is InChI=1S/C21H24N2O2/c1-21(2,16-8-10-17(25-3)11-9-16)14-23-20(24)12-15-13-22-19-7-5-4-6-18(15)19/h4-11,13,22H,12,14H2,1-3H3,(H,23,24). The number of nitrogens with one attached hydrogen (secondary N) is 2. The van der Waals surface area contributed by atoms with E-state index in [0.29, 0.717) is 13.0 Å². The third-order valence-corrected chi connectivity index (χ3v) is 4.62. The Labute approximate surface area is 148 Å². The first-order chi connectivity index (χ1) is 12.0. The largest absolute Gasteiger partial charge is 0.497 e. The summed E-state index contributed by atoms with van der Waals surface area (Å²) in [6.07, 6.45) is 2.29. The number of hydrogen-bond donors (Lipinski definition) is 2. The normalized spacial score (nSPS) is 11.5. The number of fused-ring (bicyclic) bond motifs is 1. The average Bonchev–Trinajstić information content (AvgIpc) is 3.03. The van der Waals surface area contributed by atoms with E-state index in [0.717, 1.165) is 22.2 Å². The lowest BCUT2D eigenvalue weighted by molar-refractivity contribution is -0.120. The molecule has 25 heavy (non-hydrogen) atoms. The molecule has 0 bridgehead atoms. The molecule has 1 aromatic heterocycles. The molecule has 0 aliphatic carbocycles. The van der Waals surface area contributed by atoms with Crippen LogP contribution >= 0.6 is 0 Å². The Balaban J connectivity index is 1.62. The number of amides is 1. The van der Waals surface area contributed by atoms with Crippen molar-refractivity contribution in [2.75, 3.05) is 13.7 Å². The Morgan fingerprint density at radius 1 is 1.12 bits per heavy atom. The first kappa shape index (κ1) is 17.1. The molecular formula is C21H24N2O2. The van der Waals surface area contributed by atoms with Crippen molar-refractivity contribution in [2.24, 2.45) is 0 Å². The van der Waals surface area contributed by atoms with E-state index in [2.05, 4.69) is 24.1 Å². The van der Waals surface area contributed by atoms with Gasteiger partial charge in [-0.2, -0.15) is 0 Å². The number of aromatic nitrogens is 1. The smallest absolute Gasteiger partial charge is 0.224 e. The summed E-state index contributed by atoms with van der Waals surface area (Å²) in [5.74, 6) is 0.870. The van der Waals surface area contributed by atoms with Gasteiger partial charge in [-0.15, -0.1) is 0 Å². The monoisotopic (exact) mass is 336 g/mol. The third-order valence-electron chi connectivity index (χ3n) is 4.62. The molecule has 0 saturated carbocycles. The Kier molecular flexibility index (Phi) is 4.79. The minimum Gasteiger partial charge on any atom is -0.497 e. The van der Waals surface area contributed by atoms with Crippen LogP contribution in [0.1, 0.15) is 25.0 Å². The van der Waals surface area contributed by atoms with E-state index in [4.69, 9.17) is 4.74 Å². The van der Waals surface area contributed by atoms with Crippen LogP contribution in [0.5, 0.6) is 5.75 Å². The van der Waals surface area contributed by atoms with Gasteiger partial charge in [0, 0.05) is 29.1 Å². The van der Waals surface area contributed by atoms with Gasteiger partial charge in [-0.05, 0) is 29.3 Å². The van der Waals surface area contributed by atoms with Gasteiger partial charge < -0.3 is 15.0 Å². The van der Waals surface area contributed by atoms with Crippen LogP contribution in [0, 0.1) is 0 Å². The quantitative estimate of drug-likeness (QED) is 0.719. The van der Waals surface area contributed by atoms with Crippen molar-refractivity contribution in [1.29, 1.82) is 0 Å². The fourth-order valence-electron chi connectivity index (χ4n) is 2.98. The summed E-state index contributed by atoms with van der Waals surface area (Å²) in [5, 5.41) is 4.17. The lowest BCUT2D eigenvalue weighted by Gasteiger charge is -2.26. The van der Waals surface area contributed by atoms with Crippen molar-refractivity contribution >= 4 is 16.8 Å². The van der Waals surface area contributed by atoms with Gasteiger partial charge in [0.25, 0.3) is 0 Å². The summed E-state index contributed by atoms with van der Waals surface area (Å²) in [6.45, 7) is 4.84. The zero-order chi connectivity index (χ0) is 17.9. The molecule has 1 amide bonds. The van der Waals surface area contributed by atoms with Gasteiger partial charge >= 0.3 is 0 Å². The molecule has 0 saturated heterocycles. The molecule has 0 aliphatic heterocycles. The topological polar surface area (TPSA) is 54.1 Å². The fourth-order valence-corrected chi connectivity index (χ4v) is 2.98. The highest BCUT2D eigenvalue weighted by Crippen LogP contribution is 2.24. The zero-order valence-corrected chi connectivity index (χ0v) is 14.9. The van der Waals surface area contributed by atoms with Gasteiger partial charge in [-0.3, -0.25) is 4.79 Å². The van der Waals surface area contributed by atoms with E-state index in [1.54, 1.807) is 7.11 Å². The maximum absolute atomic E-state index is 12.4. The number of rotatable bonds is 6. The summed E-state index contributed by atoms with van der Waals surface area (Å²) >= 11 is 0. The minimum absolute atomic E-state index is 0.0336. The molecule has 1 heterocycles. The summed E-state index contributed by atoms with van der Waals surface area (Å²) in [5.41, 5.74) is 3.10. The van der Waals surface area contributed by atoms with Crippen LogP contribution in [-0.4, -0.2) is 24.5 Å². The number of hydrogen-bond acceptors (Lipinski definition) is 2. The SMILES string of the molecule is COc1ccc(C(C)(C)CNC(=O)Cc2c[nH]c3ccccc23)cc1. The maximum Gasteiger partial charge on any atom is 0.224 e. The van der Waals surface area contributed by atoms with Crippen molar-refractivity contribution in [3.8, 4) is 5.75 Å². The number of aromatic amines is 1. The molecule has 0 spiro atoms. The van der Waals surface area contributed by atoms with Gasteiger partial charge in [0.05, 0.1) is 13.5 Å². The molecule has 0 unspecified atom stereocenters. The highest BCUT2D eigenvalue weighted by molar-refractivity contribution is 5.88. The van der Waals surface area contributed by atoms with Crippen LogP contribution in [-0.2, 0) is 16.6 Å². The second-order valence-corrected chi connectivity index (χ2v) is 6.93. The molecule has 0 fully saturated rings. The number of benzene rings is 2. The van der Waals surface area contributed by atoms with Crippen molar-refractivity contribution in [2.45, 2.75) is 25.7 Å². The lowest BCUT2D eigenvalue weighted by atomic mass is 9.84. The minimum atomic E-state index is -0.151. The summed E-state index contributed by atoms with van der Waals surface area (Å²) in [4.78, 5) is 15.6. The molecular weight excluding hydrogens is 312 g/mol. The van der Waals surface area contributed by atoms with Gasteiger partial charge in [-0.25, -0.2) is 0 Å². The third kappa shape index (κ3) is 3.85. The van der Waals surface area contributed by atoms with Gasteiger partial charge in [0.15, 0.2) is 0 Å². The fraction of sp³-hybridized carbons (Fsp3) is 0.286. The van der Waals surface area contributed by atoms with Crippen LogP contribution in [0.2, 0.25) is 0 Å². The second-order valence-electron chi connectivity index (χ2n) is 6.93. The molecule has 0 atom stereocenters. The van der Waals surface area contributed by atoms with Crippen LogP contribution < -0.4 is 10.1 Å². The number of H-pyrrole nitrogens is 1. The highest BCUT2D eigenvalue weighted by atomic mass is 16.5. The molecule has 130 valence electrons. The lowest BCUT2D eigenvalue weighted by Crippen LogP contribution is -2.37. The van der Waals surface area contributed by atoms with E-state index in [-0.39, 0.29) is 11.3 Å². The van der Waals surface area contributed by atoms with Crippen molar-refractivity contribution < 1.29 is 9.53 Å². The molecule has 2 aromatic carbocycles. The Hall–Kier alpha value is -2.75. The van der Waals surface area contributed by atoms with E-state index in [1.165, 1.54) is 5.56 Å². The first-order valence-electron chi connectivity index (χ1n) is 8.46. The molecule has 4 nitrogen and oxygen atoms in total. The van der Waals surface area contributed by atoms with E-state index < -0.39 is 0 Å². The molecule has 2 N–H and O–H groups in total. The Morgan fingerprint density at radius 3 is 2.56 bits per heavy atom. The van der Waals surface area contributed by atoms with Crippen LogP contribution in [0.3, 0.4) is 0 Å². The Morgan fingerprint density at radius 2 is 1.84 bits per heavy atom. The molecule has 0 radical (unpaired) electrons. The summed E-state index contributed by atoms with van der Waals surface area (Å²) in [7, 11) is 1.66. The number of methoxy groups -OCH3 is 1. The zero-order valence-electron chi connectivity index (χ0n) is 14.9. The van der Waals surface area contributed by atoms with Crippen LogP contribution in [0.4, 0.5) is 0 Å². The van der Waals surface area contributed by atoms with Gasteiger partial charge in [0.1, 0.15) is 5.75 Å². The molecule has 3 aromatic rings. The number of carbonyl (C=O) groups is 1. The van der Waals surface area contributed by atoms with E-state index in [9.17, 15) is 4.79 Å². The number of carbonyl (C=O) groups excluding carboxylic acids is 1. The molecule has 4 heteroatoms. The first-order valence-corrected chi connectivity index (χ1v) is 8.46. The van der Waals surface area contributed by atoms with E-state index in [1.807, 2.05) is 54.7 Å². The molecule has 0 aliphatic rings. The predicted octanol–water partition coefficient (Wildman–Crippen LogP) is 3.81. The summed E-state index contributed by atoms with van der Waals surface area (Å²) < 4.78 is 5.20. The van der Waals surface area contributed by atoms with Gasteiger partial charge in [0.2, 0.25) is 5.91 Å². The van der Waals surface area contributed by atoms with Crippen LogP contribution in [0.15, 0.2) is 54.7 Å². The predicted molar refractivity (Wildman–Crippen MR) is 101 cm³/mol. The van der Waals surface area contributed by atoms with Crippen LogP contribution in [0.25, 0.3) is 10.9 Å². The van der Waals surface area contributed by atoms with Crippen molar-refractivity contribution in [1.82, 2.24) is 10.3 Å². The second kappa shape index (κ2) is 7.01. The number of ether oxygens (including phenoxy) is 1. The maximum atomic E-state index is 12.4. The Bertz CT molecular complexity index is 863. The highest BCUT2D eigenvalue weighted by Gasteiger charge is 2.21. The van der Waals surface area contributed by atoms with E-state index >= 15 is 0 Å². The average molecular weight is 336 g/mol. The van der Waals surface area contributed by atoms with Crippen molar-refractivity contribution in [3.63, 3.8) is 0 Å². The van der Waals surface area contributed by atoms with Gasteiger partial charge in [-0.1, -0.05) is 44.2 Å². The number of para-hydroxylation sites is 1. The van der Waals surface area contributed by atoms with Crippen molar-refractivity contribution in [3.05, 3.63) is 65.9 Å². The molecule has 3 rings (SSSR count).